The number of piperidine rings is 3. The van der Waals surface area contributed by atoms with Crippen molar-refractivity contribution in [3.05, 3.63) is 0 Å². The highest BCUT2D eigenvalue weighted by molar-refractivity contribution is 7.09. The van der Waals surface area contributed by atoms with Gasteiger partial charge in [-0.05, 0) is 31.1 Å². The summed E-state index contributed by atoms with van der Waals surface area (Å²) in [5, 5.41) is 3.92. The molecule has 2 amide bonds. The van der Waals surface area contributed by atoms with Gasteiger partial charge in [0.05, 0.1) is 6.04 Å². The van der Waals surface area contributed by atoms with Crippen molar-refractivity contribution in [2.45, 2.75) is 44.7 Å². The number of nitrogens with zero attached hydrogens (tertiary/aromatic N) is 5. The van der Waals surface area contributed by atoms with Gasteiger partial charge in [-0.3, -0.25) is 9.59 Å². The van der Waals surface area contributed by atoms with Crippen LogP contribution in [0, 0.1) is 11.8 Å². The first-order valence-corrected chi connectivity index (χ1v) is 10.5. The van der Waals surface area contributed by atoms with Crippen LogP contribution in [0.3, 0.4) is 0 Å². The Labute approximate surface area is 164 Å². The van der Waals surface area contributed by atoms with Gasteiger partial charge in [0.2, 0.25) is 22.9 Å². The highest BCUT2D eigenvalue weighted by Gasteiger charge is 2.49. The zero-order chi connectivity index (χ0) is 19.1. The number of carbonyl (C=O) groups excluding carboxylic acids is 2. The molecule has 2 bridgehead atoms. The molecule has 3 aliphatic rings. The lowest BCUT2D eigenvalue weighted by atomic mass is 9.72. The summed E-state index contributed by atoms with van der Waals surface area (Å²) in [6.45, 7) is 3.87. The molecular weight excluding hydrogens is 364 g/mol. The maximum Gasteiger partial charge on any atom is 0.238 e. The predicted molar refractivity (Wildman–Crippen MR) is 105 cm³/mol. The summed E-state index contributed by atoms with van der Waals surface area (Å²) >= 11 is 1.45. The average molecular weight is 393 g/mol. The number of hydrogen-bond acceptors (Lipinski definition) is 7. The Balaban J connectivity index is 1.59. The quantitative estimate of drug-likeness (QED) is 0.822. The fourth-order valence-corrected chi connectivity index (χ4v) is 5.71. The van der Waals surface area contributed by atoms with Crippen LogP contribution in [0.4, 0.5) is 11.1 Å². The second-order valence-corrected chi connectivity index (χ2v) is 8.93. The van der Waals surface area contributed by atoms with Crippen molar-refractivity contribution in [2.24, 2.45) is 11.8 Å². The van der Waals surface area contributed by atoms with E-state index in [0.29, 0.717) is 24.8 Å². The number of aromatic nitrogens is 2. The molecule has 0 radical (unpaired) electrons. The first-order valence-electron chi connectivity index (χ1n) is 9.75. The third kappa shape index (κ3) is 3.49. The molecule has 4 atom stereocenters. The minimum absolute atomic E-state index is 0.0365. The van der Waals surface area contributed by atoms with Crippen molar-refractivity contribution in [3.8, 4) is 0 Å². The first-order chi connectivity index (χ1) is 12.9. The van der Waals surface area contributed by atoms with Crippen molar-refractivity contribution < 1.29 is 9.59 Å². The van der Waals surface area contributed by atoms with E-state index >= 15 is 0 Å². The van der Waals surface area contributed by atoms with Gasteiger partial charge >= 0.3 is 0 Å². The van der Waals surface area contributed by atoms with Crippen LogP contribution in [0.15, 0.2) is 0 Å². The average Bonchev–Trinajstić information content (AvgIpc) is 3.12. The van der Waals surface area contributed by atoms with Crippen LogP contribution in [0.25, 0.3) is 0 Å². The minimum atomic E-state index is -0.0365. The summed E-state index contributed by atoms with van der Waals surface area (Å²) in [5.41, 5.74) is 0. The lowest BCUT2D eigenvalue weighted by molar-refractivity contribution is -0.149. The van der Waals surface area contributed by atoms with Crippen molar-refractivity contribution in [1.29, 1.82) is 0 Å². The van der Waals surface area contributed by atoms with E-state index in [4.69, 9.17) is 0 Å². The van der Waals surface area contributed by atoms with Gasteiger partial charge in [0.15, 0.2) is 0 Å². The maximum atomic E-state index is 12.7. The molecule has 0 saturated carbocycles. The van der Waals surface area contributed by atoms with E-state index < -0.39 is 0 Å². The molecule has 0 unspecified atom stereocenters. The third-order valence-electron chi connectivity index (χ3n) is 6.13. The number of rotatable bonds is 4. The Bertz CT molecular complexity index is 722. The molecule has 1 N–H and O–H groups in total. The van der Waals surface area contributed by atoms with Crippen LogP contribution in [0.5, 0.6) is 0 Å². The number of hydrogen-bond donors (Lipinski definition) is 1. The second-order valence-electron chi connectivity index (χ2n) is 8.20. The Morgan fingerprint density at radius 1 is 1.33 bits per heavy atom. The van der Waals surface area contributed by atoms with Gasteiger partial charge in [0.1, 0.15) is 0 Å². The molecule has 27 heavy (non-hydrogen) atoms. The number of amides is 2. The first kappa shape index (κ1) is 18.5. The largest absolute Gasteiger partial charge is 0.354 e. The Hall–Kier alpha value is -1.90. The summed E-state index contributed by atoms with van der Waals surface area (Å²) in [4.78, 5) is 35.3. The van der Waals surface area contributed by atoms with E-state index in [9.17, 15) is 9.59 Å². The molecule has 4 heterocycles. The number of fused-ring (bicyclic) bond motifs is 4. The van der Waals surface area contributed by atoms with Crippen LogP contribution in [0.2, 0.25) is 0 Å². The predicted octanol–water partition coefficient (Wildman–Crippen LogP) is 0.946. The molecule has 0 aromatic carbocycles. The Kier molecular flexibility index (Phi) is 4.96. The van der Waals surface area contributed by atoms with E-state index in [1.807, 2.05) is 19.0 Å². The molecule has 3 aliphatic heterocycles. The van der Waals surface area contributed by atoms with Gasteiger partial charge < -0.3 is 20.0 Å². The smallest absolute Gasteiger partial charge is 0.238 e. The van der Waals surface area contributed by atoms with Gasteiger partial charge in [-0.1, -0.05) is 0 Å². The van der Waals surface area contributed by atoms with Crippen LogP contribution in [0.1, 0.15) is 32.6 Å². The zero-order valence-electron chi connectivity index (χ0n) is 16.2. The molecule has 0 spiro atoms. The molecule has 3 fully saturated rings. The second kappa shape index (κ2) is 7.26. The summed E-state index contributed by atoms with van der Waals surface area (Å²) in [6.07, 6.45) is 3.79. The van der Waals surface area contributed by atoms with Crippen LogP contribution >= 0.6 is 11.5 Å². The lowest BCUT2D eigenvalue weighted by Gasteiger charge is -2.56. The summed E-state index contributed by atoms with van der Waals surface area (Å²) in [5.74, 6) is 1.78. The molecule has 1 aromatic rings. The van der Waals surface area contributed by atoms with Gasteiger partial charge in [0.25, 0.3) is 0 Å². The van der Waals surface area contributed by atoms with Crippen LogP contribution < -0.4 is 15.1 Å². The molecule has 9 heteroatoms. The maximum absolute atomic E-state index is 12.7. The molecule has 4 rings (SSSR count). The summed E-state index contributed by atoms with van der Waals surface area (Å²) < 4.78 is 4.45. The zero-order valence-corrected chi connectivity index (χ0v) is 17.0. The van der Waals surface area contributed by atoms with Crippen molar-refractivity contribution >= 4 is 34.4 Å². The molecule has 8 nitrogen and oxygen atoms in total. The van der Waals surface area contributed by atoms with Crippen molar-refractivity contribution in [1.82, 2.24) is 19.6 Å². The van der Waals surface area contributed by atoms with Gasteiger partial charge in [-0.15, -0.1) is 0 Å². The molecule has 3 saturated heterocycles. The Morgan fingerprint density at radius 2 is 2.11 bits per heavy atom. The fourth-order valence-electron chi connectivity index (χ4n) is 4.96. The van der Waals surface area contributed by atoms with Crippen LogP contribution in [-0.4, -0.2) is 71.9 Å². The topological polar surface area (TPSA) is 81.7 Å². The highest BCUT2D eigenvalue weighted by atomic mass is 32.1. The Morgan fingerprint density at radius 3 is 2.81 bits per heavy atom. The van der Waals surface area contributed by atoms with Gasteiger partial charge in [0, 0.05) is 64.6 Å². The third-order valence-corrected chi connectivity index (χ3v) is 6.90. The van der Waals surface area contributed by atoms with E-state index in [1.54, 1.807) is 6.92 Å². The van der Waals surface area contributed by atoms with Gasteiger partial charge in [-0.25, -0.2) is 0 Å². The highest BCUT2D eigenvalue weighted by Crippen LogP contribution is 2.42. The summed E-state index contributed by atoms with van der Waals surface area (Å²) in [7, 11) is 3.90. The number of anilines is 2. The van der Waals surface area contributed by atoms with Crippen molar-refractivity contribution in [2.75, 3.05) is 43.5 Å². The SMILES string of the molecule is CC(=O)NC[C@H]1[C@H]2C[C@H](CN(c3nc(N(C)C)ns3)C2)[C@@H]2CCCC(=O)N21. The normalized spacial score (nSPS) is 30.1. The molecule has 1 aromatic heterocycles. The molecule has 148 valence electrons. The fraction of sp³-hybridized carbons (Fsp3) is 0.778. The van der Waals surface area contributed by atoms with E-state index in [0.717, 1.165) is 43.4 Å². The molecular formula is C18H28N6O2S. The number of nitrogens with one attached hydrogen (secondary N) is 1. The van der Waals surface area contributed by atoms with Gasteiger partial charge in [-0.2, -0.15) is 9.36 Å². The standard InChI is InChI=1S/C18H28N6O2S/c1-11(25)19-8-15-13-7-12(14-5-4-6-16(26)24(14)15)9-23(10-13)18-20-17(21-27-18)22(2)3/h12-15H,4-10H2,1-3H3,(H,19,25)/t12-,13+,14+,15+/m1/s1. The monoisotopic (exact) mass is 392 g/mol. The lowest BCUT2D eigenvalue weighted by Crippen LogP contribution is -2.67. The van der Waals surface area contributed by atoms with Crippen LogP contribution in [-0.2, 0) is 9.59 Å². The summed E-state index contributed by atoms with van der Waals surface area (Å²) in [6, 6.07) is 0.359. The van der Waals surface area contributed by atoms with E-state index in [1.165, 1.54) is 11.5 Å². The molecule has 0 aliphatic carbocycles. The van der Waals surface area contributed by atoms with E-state index in [2.05, 4.69) is 24.5 Å². The minimum Gasteiger partial charge on any atom is -0.354 e. The van der Waals surface area contributed by atoms with Crippen molar-refractivity contribution in [3.63, 3.8) is 0 Å². The number of carbonyl (C=O) groups is 2. The van der Waals surface area contributed by atoms with E-state index in [-0.39, 0.29) is 23.9 Å².